The third-order valence-electron chi connectivity index (χ3n) is 3.38. The van der Waals surface area contributed by atoms with Gasteiger partial charge in [-0.15, -0.1) is 0 Å². The van der Waals surface area contributed by atoms with Gasteiger partial charge in [-0.3, -0.25) is 9.59 Å². The van der Waals surface area contributed by atoms with Crippen LogP contribution in [0.1, 0.15) is 19.8 Å². The quantitative estimate of drug-likeness (QED) is 0.869. The number of benzene rings is 1. The molecule has 0 bridgehead atoms. The predicted octanol–water partition coefficient (Wildman–Crippen LogP) is 1.38. The molecule has 2 N–H and O–H groups in total. The number of carboxylic acids is 1. The van der Waals surface area contributed by atoms with Crippen molar-refractivity contribution < 1.29 is 24.5 Å². The fraction of sp³-hybridized carbons (Fsp3) is 0.429. The van der Waals surface area contributed by atoms with Gasteiger partial charge >= 0.3 is 5.97 Å². The van der Waals surface area contributed by atoms with Gasteiger partial charge in [0.1, 0.15) is 12.4 Å². The molecule has 0 saturated carbocycles. The zero-order chi connectivity index (χ0) is 14.8. The molecule has 0 aliphatic carbocycles. The molecule has 1 aromatic rings. The standard InChI is InChI=1S/C14H17NO5/c1-14(7-6-13(18)19)9-15(12(17)8-20-14)10-4-2-3-5-11(10)16/h2-5,16H,6-9H2,1H3,(H,18,19). The number of amides is 1. The SMILES string of the molecule is CC1(CCC(=O)O)CN(c2ccccc2O)C(=O)CO1. The maximum atomic E-state index is 11.9. The Hall–Kier alpha value is -2.08. The summed E-state index contributed by atoms with van der Waals surface area (Å²) >= 11 is 0. The average Bonchev–Trinajstić information content (AvgIpc) is 2.41. The summed E-state index contributed by atoms with van der Waals surface area (Å²) in [6.07, 6.45) is 0.277. The van der Waals surface area contributed by atoms with Crippen molar-refractivity contribution in [1.29, 1.82) is 0 Å². The number of ether oxygens (including phenoxy) is 1. The van der Waals surface area contributed by atoms with E-state index in [1.54, 1.807) is 25.1 Å². The molecular weight excluding hydrogens is 262 g/mol. The van der Waals surface area contributed by atoms with Crippen molar-refractivity contribution in [3.8, 4) is 5.75 Å². The topological polar surface area (TPSA) is 87.1 Å². The van der Waals surface area contributed by atoms with E-state index < -0.39 is 11.6 Å². The Bertz CT molecular complexity index is 530. The lowest BCUT2D eigenvalue weighted by atomic mass is 9.97. The van der Waals surface area contributed by atoms with E-state index in [0.29, 0.717) is 12.1 Å². The van der Waals surface area contributed by atoms with Gasteiger partial charge in [0.05, 0.1) is 17.8 Å². The lowest BCUT2D eigenvalue weighted by molar-refractivity contribution is -0.142. The van der Waals surface area contributed by atoms with Crippen LogP contribution in [0.3, 0.4) is 0 Å². The molecule has 1 amide bonds. The summed E-state index contributed by atoms with van der Waals surface area (Å²) in [6, 6.07) is 6.56. The van der Waals surface area contributed by atoms with E-state index in [-0.39, 0.29) is 31.2 Å². The Morgan fingerprint density at radius 1 is 1.45 bits per heavy atom. The number of anilines is 1. The number of carbonyl (C=O) groups is 2. The van der Waals surface area contributed by atoms with Gasteiger partial charge in [0.25, 0.3) is 5.91 Å². The molecular formula is C14H17NO5. The molecule has 1 saturated heterocycles. The zero-order valence-electron chi connectivity index (χ0n) is 11.2. The molecule has 0 radical (unpaired) electrons. The third-order valence-corrected chi connectivity index (χ3v) is 3.38. The molecule has 1 heterocycles. The minimum atomic E-state index is -0.902. The molecule has 1 fully saturated rings. The van der Waals surface area contributed by atoms with Crippen LogP contribution in [0.25, 0.3) is 0 Å². The van der Waals surface area contributed by atoms with Gasteiger partial charge in [-0.05, 0) is 25.5 Å². The first kappa shape index (κ1) is 14.3. The Balaban J connectivity index is 2.18. The maximum Gasteiger partial charge on any atom is 0.303 e. The average molecular weight is 279 g/mol. The van der Waals surface area contributed by atoms with Crippen molar-refractivity contribution in [3.63, 3.8) is 0 Å². The molecule has 1 atom stereocenters. The van der Waals surface area contributed by atoms with Crippen LogP contribution in [0.2, 0.25) is 0 Å². The summed E-state index contributed by atoms with van der Waals surface area (Å²) < 4.78 is 5.48. The molecule has 6 heteroatoms. The molecule has 1 aliphatic rings. The fourth-order valence-corrected chi connectivity index (χ4v) is 2.22. The molecule has 1 aliphatic heterocycles. The number of carbonyl (C=O) groups excluding carboxylic acids is 1. The van der Waals surface area contributed by atoms with Crippen LogP contribution in [0, 0.1) is 0 Å². The van der Waals surface area contributed by atoms with Gasteiger partial charge in [0.15, 0.2) is 0 Å². The Morgan fingerprint density at radius 2 is 2.15 bits per heavy atom. The number of morpholine rings is 1. The third kappa shape index (κ3) is 3.08. The number of hydrogen-bond acceptors (Lipinski definition) is 4. The highest BCUT2D eigenvalue weighted by atomic mass is 16.5. The highest BCUT2D eigenvalue weighted by molar-refractivity contribution is 5.96. The highest BCUT2D eigenvalue weighted by Gasteiger charge is 2.37. The van der Waals surface area contributed by atoms with Gasteiger partial charge in [0, 0.05) is 6.42 Å². The van der Waals surface area contributed by atoms with E-state index in [0.717, 1.165) is 0 Å². The van der Waals surface area contributed by atoms with Crippen LogP contribution in [-0.2, 0) is 14.3 Å². The fourth-order valence-electron chi connectivity index (χ4n) is 2.22. The largest absolute Gasteiger partial charge is 0.506 e. The van der Waals surface area contributed by atoms with E-state index in [2.05, 4.69) is 0 Å². The first-order chi connectivity index (χ1) is 9.41. The lowest BCUT2D eigenvalue weighted by Crippen LogP contribution is -2.53. The number of aromatic hydroxyl groups is 1. The second-order valence-electron chi connectivity index (χ2n) is 5.10. The van der Waals surface area contributed by atoms with Crippen LogP contribution in [-0.4, -0.2) is 40.8 Å². The van der Waals surface area contributed by atoms with Crippen molar-refractivity contribution in [1.82, 2.24) is 0 Å². The first-order valence-corrected chi connectivity index (χ1v) is 6.35. The van der Waals surface area contributed by atoms with Gasteiger partial charge in [0.2, 0.25) is 0 Å². The van der Waals surface area contributed by atoms with Gasteiger partial charge in [-0.2, -0.15) is 0 Å². The molecule has 20 heavy (non-hydrogen) atoms. The summed E-state index contributed by atoms with van der Waals surface area (Å²) in [5, 5.41) is 18.6. The summed E-state index contributed by atoms with van der Waals surface area (Å²) in [4.78, 5) is 24.1. The smallest absolute Gasteiger partial charge is 0.303 e. The normalized spacial score (nSPS) is 22.9. The molecule has 1 unspecified atom stereocenters. The van der Waals surface area contributed by atoms with Crippen molar-refractivity contribution in [2.45, 2.75) is 25.4 Å². The van der Waals surface area contributed by atoms with E-state index in [4.69, 9.17) is 9.84 Å². The number of phenols is 1. The van der Waals surface area contributed by atoms with E-state index in [1.165, 1.54) is 11.0 Å². The van der Waals surface area contributed by atoms with Crippen LogP contribution in [0.4, 0.5) is 5.69 Å². The Labute approximate surface area is 116 Å². The Morgan fingerprint density at radius 3 is 2.80 bits per heavy atom. The van der Waals surface area contributed by atoms with Crippen molar-refractivity contribution in [3.05, 3.63) is 24.3 Å². The molecule has 2 rings (SSSR count). The van der Waals surface area contributed by atoms with Gasteiger partial charge in [-0.25, -0.2) is 0 Å². The van der Waals surface area contributed by atoms with Crippen LogP contribution >= 0.6 is 0 Å². The molecule has 0 spiro atoms. The Kier molecular flexibility index (Phi) is 3.94. The number of carboxylic acid groups (broad SMARTS) is 1. The van der Waals surface area contributed by atoms with E-state index in [1.807, 2.05) is 0 Å². The summed E-state index contributed by atoms with van der Waals surface area (Å²) in [7, 11) is 0. The molecule has 6 nitrogen and oxygen atoms in total. The minimum absolute atomic E-state index is 0.0170. The van der Waals surface area contributed by atoms with Crippen LogP contribution < -0.4 is 4.90 Å². The zero-order valence-corrected chi connectivity index (χ0v) is 11.2. The summed E-state index contributed by atoms with van der Waals surface area (Å²) in [5.41, 5.74) is -0.309. The second kappa shape index (κ2) is 5.50. The predicted molar refractivity (Wildman–Crippen MR) is 71.7 cm³/mol. The highest BCUT2D eigenvalue weighted by Crippen LogP contribution is 2.32. The van der Waals surface area contributed by atoms with Gasteiger partial charge in [-0.1, -0.05) is 12.1 Å². The molecule has 108 valence electrons. The van der Waals surface area contributed by atoms with E-state index in [9.17, 15) is 14.7 Å². The second-order valence-corrected chi connectivity index (χ2v) is 5.10. The van der Waals surface area contributed by atoms with Crippen LogP contribution in [0.15, 0.2) is 24.3 Å². The summed E-state index contributed by atoms with van der Waals surface area (Å²) in [5.74, 6) is -1.14. The van der Waals surface area contributed by atoms with Crippen LogP contribution in [0.5, 0.6) is 5.75 Å². The minimum Gasteiger partial charge on any atom is -0.506 e. The number of hydrogen-bond donors (Lipinski definition) is 2. The number of nitrogens with zero attached hydrogens (tertiary/aromatic N) is 1. The monoisotopic (exact) mass is 279 g/mol. The summed E-state index contributed by atoms with van der Waals surface area (Å²) in [6.45, 7) is 1.87. The van der Waals surface area contributed by atoms with E-state index >= 15 is 0 Å². The van der Waals surface area contributed by atoms with Gasteiger partial charge < -0.3 is 19.8 Å². The number of aliphatic carboxylic acids is 1. The molecule has 0 aromatic heterocycles. The maximum absolute atomic E-state index is 11.9. The number of para-hydroxylation sites is 2. The number of rotatable bonds is 4. The lowest BCUT2D eigenvalue weighted by Gasteiger charge is -2.40. The first-order valence-electron chi connectivity index (χ1n) is 6.35. The van der Waals surface area contributed by atoms with Crippen molar-refractivity contribution in [2.75, 3.05) is 18.1 Å². The van der Waals surface area contributed by atoms with Crippen molar-refractivity contribution >= 4 is 17.6 Å². The number of phenolic OH excluding ortho intramolecular Hbond substituents is 1. The molecule has 1 aromatic carbocycles. The van der Waals surface area contributed by atoms with Crippen molar-refractivity contribution in [2.24, 2.45) is 0 Å².